The molecule has 0 amide bonds. The zero-order valence-corrected chi connectivity index (χ0v) is 11.2. The Bertz CT molecular complexity index is 554. The van der Waals surface area contributed by atoms with Crippen molar-refractivity contribution in [2.45, 2.75) is 32.5 Å². The number of benzene rings is 1. The smallest absolute Gasteiger partial charge is 0.0991 e. The van der Waals surface area contributed by atoms with E-state index in [-0.39, 0.29) is 6.04 Å². The predicted molar refractivity (Wildman–Crippen MR) is 74.4 cm³/mol. The topological polar surface area (TPSA) is 53.6 Å². The van der Waals surface area contributed by atoms with Gasteiger partial charge in [0.2, 0.25) is 0 Å². The molecule has 2 atom stereocenters. The van der Waals surface area contributed by atoms with Crippen molar-refractivity contribution < 1.29 is 0 Å². The van der Waals surface area contributed by atoms with Gasteiger partial charge in [-0.1, -0.05) is 12.1 Å². The second-order valence-electron chi connectivity index (χ2n) is 4.71. The van der Waals surface area contributed by atoms with E-state index in [9.17, 15) is 0 Å². The van der Waals surface area contributed by atoms with Gasteiger partial charge in [0.25, 0.3) is 0 Å². The summed E-state index contributed by atoms with van der Waals surface area (Å²) < 4.78 is 1.95. The minimum Gasteiger partial charge on any atom is -0.308 e. The summed E-state index contributed by atoms with van der Waals surface area (Å²) in [5, 5.41) is 16.6. The van der Waals surface area contributed by atoms with Gasteiger partial charge in [-0.15, -0.1) is 0 Å². The summed E-state index contributed by atoms with van der Waals surface area (Å²) >= 11 is 0. The molecule has 0 saturated carbocycles. The first-order chi connectivity index (χ1) is 9.20. The van der Waals surface area contributed by atoms with E-state index in [0.717, 1.165) is 12.1 Å². The lowest BCUT2D eigenvalue weighted by molar-refractivity contribution is 0.365. The molecule has 0 saturated heterocycles. The van der Waals surface area contributed by atoms with Gasteiger partial charge in [0.15, 0.2) is 0 Å². The van der Waals surface area contributed by atoms with Crippen LogP contribution in [0.25, 0.3) is 0 Å². The second kappa shape index (κ2) is 6.17. The molecule has 4 heteroatoms. The Balaban J connectivity index is 1.93. The summed E-state index contributed by atoms with van der Waals surface area (Å²) in [6.45, 7) is 5.03. The van der Waals surface area contributed by atoms with Crippen LogP contribution in [0, 0.1) is 11.3 Å². The van der Waals surface area contributed by atoms with Gasteiger partial charge in [-0.3, -0.25) is 4.68 Å². The van der Waals surface area contributed by atoms with Crippen LogP contribution in [0.15, 0.2) is 42.7 Å². The maximum atomic E-state index is 8.87. The van der Waals surface area contributed by atoms with E-state index in [1.54, 1.807) is 6.20 Å². The molecule has 0 spiro atoms. The molecule has 0 radical (unpaired) electrons. The molecular weight excluding hydrogens is 236 g/mol. The Morgan fingerprint density at radius 1 is 1.37 bits per heavy atom. The monoisotopic (exact) mass is 254 g/mol. The molecule has 0 unspecified atom stereocenters. The molecule has 0 aliphatic carbocycles. The van der Waals surface area contributed by atoms with Crippen molar-refractivity contribution in [3.05, 3.63) is 53.9 Å². The molecule has 0 aliphatic heterocycles. The highest BCUT2D eigenvalue weighted by atomic mass is 15.3. The molecule has 0 fully saturated rings. The molecule has 98 valence electrons. The number of nitrogens with one attached hydrogen (secondary N) is 1. The lowest BCUT2D eigenvalue weighted by Gasteiger charge is -2.21. The van der Waals surface area contributed by atoms with Gasteiger partial charge in [0, 0.05) is 25.0 Å². The summed E-state index contributed by atoms with van der Waals surface area (Å²) in [4.78, 5) is 0. The van der Waals surface area contributed by atoms with E-state index in [2.05, 4.69) is 30.3 Å². The van der Waals surface area contributed by atoms with Crippen molar-refractivity contribution in [3.63, 3.8) is 0 Å². The van der Waals surface area contributed by atoms with Crippen LogP contribution in [-0.4, -0.2) is 15.8 Å². The van der Waals surface area contributed by atoms with E-state index in [1.165, 1.54) is 0 Å². The first-order valence-electron chi connectivity index (χ1n) is 6.42. The molecule has 1 N–H and O–H groups in total. The van der Waals surface area contributed by atoms with E-state index < -0.39 is 0 Å². The third-order valence-electron chi connectivity index (χ3n) is 3.35. The quantitative estimate of drug-likeness (QED) is 0.892. The Kier molecular flexibility index (Phi) is 4.32. The van der Waals surface area contributed by atoms with E-state index in [1.807, 2.05) is 41.2 Å². The summed E-state index contributed by atoms with van der Waals surface area (Å²) in [6.07, 6.45) is 3.76. The number of aromatic nitrogens is 2. The van der Waals surface area contributed by atoms with Gasteiger partial charge < -0.3 is 5.32 Å². The van der Waals surface area contributed by atoms with Crippen molar-refractivity contribution in [2.24, 2.45) is 0 Å². The molecule has 0 bridgehead atoms. The highest BCUT2D eigenvalue weighted by molar-refractivity contribution is 5.32. The average Bonchev–Trinajstić information content (AvgIpc) is 2.98. The lowest BCUT2D eigenvalue weighted by atomic mass is 10.1. The van der Waals surface area contributed by atoms with Crippen molar-refractivity contribution >= 4 is 0 Å². The Labute approximate surface area is 113 Å². The maximum absolute atomic E-state index is 8.87. The number of nitrogens with zero attached hydrogens (tertiary/aromatic N) is 3. The number of hydrogen-bond acceptors (Lipinski definition) is 3. The zero-order chi connectivity index (χ0) is 13.7. The summed E-state index contributed by atoms with van der Waals surface area (Å²) in [6, 6.07) is 12.3. The van der Waals surface area contributed by atoms with Gasteiger partial charge in [0.1, 0.15) is 0 Å². The molecule has 1 aromatic carbocycles. The fourth-order valence-corrected chi connectivity index (χ4v) is 1.95. The molecule has 0 aliphatic rings. The van der Waals surface area contributed by atoms with Crippen LogP contribution < -0.4 is 5.32 Å². The van der Waals surface area contributed by atoms with Crippen LogP contribution in [-0.2, 0) is 6.54 Å². The maximum Gasteiger partial charge on any atom is 0.0991 e. The number of nitriles is 1. The minimum absolute atomic E-state index is 0.286. The van der Waals surface area contributed by atoms with Crippen LogP contribution in [0.2, 0.25) is 0 Å². The number of hydrogen-bond donors (Lipinski definition) is 1. The van der Waals surface area contributed by atoms with Gasteiger partial charge in [-0.25, -0.2) is 0 Å². The molecule has 1 aromatic heterocycles. The van der Waals surface area contributed by atoms with Crippen LogP contribution in [0.1, 0.15) is 31.0 Å². The first-order valence-corrected chi connectivity index (χ1v) is 6.42. The molecule has 4 nitrogen and oxygen atoms in total. The predicted octanol–water partition coefficient (Wildman–Crippen LogP) is 2.49. The third-order valence-corrected chi connectivity index (χ3v) is 3.35. The van der Waals surface area contributed by atoms with Gasteiger partial charge >= 0.3 is 0 Å². The van der Waals surface area contributed by atoms with Gasteiger partial charge in [-0.05, 0) is 37.6 Å². The number of rotatable bonds is 5. The van der Waals surface area contributed by atoms with E-state index >= 15 is 0 Å². The summed E-state index contributed by atoms with van der Waals surface area (Å²) in [7, 11) is 0. The van der Waals surface area contributed by atoms with Gasteiger partial charge in [-0.2, -0.15) is 10.4 Å². The normalized spacial score (nSPS) is 13.7. The highest BCUT2D eigenvalue weighted by Crippen LogP contribution is 2.10. The third kappa shape index (κ3) is 3.43. The van der Waals surface area contributed by atoms with Crippen LogP contribution in [0.4, 0.5) is 0 Å². The molecule has 19 heavy (non-hydrogen) atoms. The summed E-state index contributed by atoms with van der Waals surface area (Å²) in [5.41, 5.74) is 1.82. The lowest BCUT2D eigenvalue weighted by Crippen LogP contribution is -2.33. The average molecular weight is 254 g/mol. The second-order valence-corrected chi connectivity index (χ2v) is 4.71. The molecule has 2 aromatic rings. The van der Waals surface area contributed by atoms with Crippen molar-refractivity contribution in [1.82, 2.24) is 15.1 Å². The first kappa shape index (κ1) is 13.3. The van der Waals surface area contributed by atoms with Crippen molar-refractivity contribution in [2.75, 3.05) is 0 Å². The SMILES string of the molecule is C[C@@H](NCc1cccc(C#N)c1)[C@H](C)n1cccn1. The Hall–Kier alpha value is -2.12. The zero-order valence-electron chi connectivity index (χ0n) is 11.2. The van der Waals surface area contributed by atoms with Crippen molar-refractivity contribution in [3.8, 4) is 6.07 Å². The highest BCUT2D eigenvalue weighted by Gasteiger charge is 2.13. The standard InChI is InChI=1S/C15H18N4/c1-12(13(2)19-8-4-7-18-19)17-11-15-6-3-5-14(9-15)10-16/h3-9,12-13,17H,11H2,1-2H3/t12-,13+/m1/s1. The minimum atomic E-state index is 0.286. The molecule has 1 heterocycles. The molecular formula is C15H18N4. The van der Waals surface area contributed by atoms with Crippen molar-refractivity contribution in [1.29, 1.82) is 5.26 Å². The van der Waals surface area contributed by atoms with Gasteiger partial charge in [0.05, 0.1) is 17.7 Å². The fraction of sp³-hybridized carbons (Fsp3) is 0.333. The van der Waals surface area contributed by atoms with Crippen LogP contribution >= 0.6 is 0 Å². The molecule has 2 rings (SSSR count). The largest absolute Gasteiger partial charge is 0.308 e. The van der Waals surface area contributed by atoms with Crippen LogP contribution in [0.5, 0.6) is 0 Å². The van der Waals surface area contributed by atoms with E-state index in [4.69, 9.17) is 5.26 Å². The Morgan fingerprint density at radius 3 is 2.89 bits per heavy atom. The summed E-state index contributed by atoms with van der Waals surface area (Å²) in [5.74, 6) is 0. The Morgan fingerprint density at radius 2 is 2.21 bits per heavy atom. The van der Waals surface area contributed by atoms with E-state index in [0.29, 0.717) is 11.6 Å². The fourth-order valence-electron chi connectivity index (χ4n) is 1.95. The van der Waals surface area contributed by atoms with Crippen LogP contribution in [0.3, 0.4) is 0 Å².